The Morgan fingerprint density at radius 1 is 0.806 bits per heavy atom. The number of hydrogen-bond donors (Lipinski definition) is 1. The van der Waals surface area contributed by atoms with Crippen molar-refractivity contribution in [2.75, 3.05) is 10.2 Å². The van der Waals surface area contributed by atoms with Crippen LogP contribution in [0.2, 0.25) is 15.1 Å². The molecular formula is C23H15Cl3N2O2S. The molecule has 0 aliphatic carbocycles. The number of thioether (sulfide) groups is 1. The first-order valence-electron chi connectivity index (χ1n) is 9.19. The maximum Gasteiger partial charge on any atom is 0.283 e. The molecule has 0 fully saturated rings. The van der Waals surface area contributed by atoms with Gasteiger partial charge in [0.05, 0.1) is 5.69 Å². The lowest BCUT2D eigenvalue weighted by Gasteiger charge is -2.16. The number of benzene rings is 3. The van der Waals surface area contributed by atoms with Crippen molar-refractivity contribution in [3.8, 4) is 0 Å². The number of halogens is 3. The quantitative estimate of drug-likeness (QED) is 0.394. The van der Waals surface area contributed by atoms with E-state index >= 15 is 0 Å². The number of carbonyl (C=O) groups is 2. The molecule has 1 aliphatic heterocycles. The first kappa shape index (κ1) is 21.8. The van der Waals surface area contributed by atoms with Gasteiger partial charge < -0.3 is 5.32 Å². The van der Waals surface area contributed by atoms with Crippen LogP contribution in [0.15, 0.2) is 82.2 Å². The number of hydrogen-bond acceptors (Lipinski definition) is 4. The van der Waals surface area contributed by atoms with E-state index in [4.69, 9.17) is 34.8 Å². The Kier molecular flexibility index (Phi) is 6.30. The molecule has 1 heterocycles. The zero-order valence-electron chi connectivity index (χ0n) is 16.2. The number of carbonyl (C=O) groups excluding carboxylic acids is 2. The summed E-state index contributed by atoms with van der Waals surface area (Å²) in [6.07, 6.45) is 0. The highest BCUT2D eigenvalue weighted by atomic mass is 35.5. The van der Waals surface area contributed by atoms with Gasteiger partial charge in [-0.05, 0) is 73.2 Å². The molecule has 0 spiro atoms. The average Bonchev–Trinajstić information content (AvgIpc) is 2.97. The summed E-state index contributed by atoms with van der Waals surface area (Å²) in [5, 5.41) is 4.72. The number of aryl methyl sites for hydroxylation is 1. The third kappa shape index (κ3) is 4.60. The predicted octanol–water partition coefficient (Wildman–Crippen LogP) is 6.94. The Bertz CT molecular complexity index is 1140. The maximum atomic E-state index is 13.3. The van der Waals surface area contributed by atoms with Crippen LogP contribution in [0.3, 0.4) is 0 Å². The highest BCUT2D eigenvalue weighted by Gasteiger charge is 2.40. The summed E-state index contributed by atoms with van der Waals surface area (Å²) < 4.78 is 0. The second kappa shape index (κ2) is 8.97. The van der Waals surface area contributed by atoms with Crippen LogP contribution in [-0.4, -0.2) is 11.8 Å². The van der Waals surface area contributed by atoms with Crippen LogP contribution in [0.25, 0.3) is 0 Å². The van der Waals surface area contributed by atoms with Gasteiger partial charge in [-0.1, -0.05) is 52.6 Å². The van der Waals surface area contributed by atoms with Gasteiger partial charge in [0.25, 0.3) is 11.8 Å². The molecule has 156 valence electrons. The molecule has 0 unspecified atom stereocenters. The Morgan fingerprint density at radius 3 is 2.03 bits per heavy atom. The van der Waals surface area contributed by atoms with Crippen LogP contribution in [0.4, 0.5) is 11.4 Å². The lowest BCUT2D eigenvalue weighted by molar-refractivity contribution is -0.120. The monoisotopic (exact) mass is 488 g/mol. The summed E-state index contributed by atoms with van der Waals surface area (Å²) in [5.41, 5.74) is 2.09. The van der Waals surface area contributed by atoms with E-state index in [1.807, 2.05) is 6.92 Å². The fourth-order valence-corrected chi connectivity index (χ4v) is 4.32. The van der Waals surface area contributed by atoms with Gasteiger partial charge in [0.15, 0.2) is 0 Å². The first-order chi connectivity index (χ1) is 14.8. The van der Waals surface area contributed by atoms with Crippen LogP contribution in [0, 0.1) is 6.92 Å². The molecule has 4 nitrogen and oxygen atoms in total. The first-order valence-corrected chi connectivity index (χ1v) is 11.1. The van der Waals surface area contributed by atoms with Gasteiger partial charge >= 0.3 is 0 Å². The van der Waals surface area contributed by atoms with Crippen molar-refractivity contribution < 1.29 is 9.59 Å². The molecular weight excluding hydrogens is 475 g/mol. The van der Waals surface area contributed by atoms with Crippen molar-refractivity contribution in [1.29, 1.82) is 0 Å². The van der Waals surface area contributed by atoms with Crippen molar-refractivity contribution in [2.45, 2.75) is 11.8 Å². The van der Waals surface area contributed by atoms with E-state index in [-0.39, 0.29) is 10.6 Å². The van der Waals surface area contributed by atoms with E-state index in [1.165, 1.54) is 11.8 Å². The molecule has 0 saturated heterocycles. The number of amides is 2. The average molecular weight is 490 g/mol. The fourth-order valence-electron chi connectivity index (χ4n) is 2.97. The highest BCUT2D eigenvalue weighted by Crippen LogP contribution is 2.39. The number of nitrogens with zero attached hydrogens (tertiary/aromatic N) is 1. The van der Waals surface area contributed by atoms with E-state index in [0.717, 1.165) is 15.4 Å². The smallest absolute Gasteiger partial charge is 0.283 e. The molecule has 8 heteroatoms. The third-order valence-corrected chi connectivity index (χ3v) is 6.60. The van der Waals surface area contributed by atoms with E-state index in [9.17, 15) is 9.59 Å². The minimum absolute atomic E-state index is 0.184. The second-order valence-corrected chi connectivity index (χ2v) is 9.14. The minimum atomic E-state index is -0.462. The maximum absolute atomic E-state index is 13.3. The summed E-state index contributed by atoms with van der Waals surface area (Å²) in [6.45, 7) is 1.85. The second-order valence-electron chi connectivity index (χ2n) is 6.77. The van der Waals surface area contributed by atoms with E-state index < -0.39 is 11.8 Å². The van der Waals surface area contributed by atoms with Crippen molar-refractivity contribution in [3.05, 3.63) is 98.0 Å². The number of imide groups is 1. The largest absolute Gasteiger partial charge is 0.350 e. The summed E-state index contributed by atoms with van der Waals surface area (Å²) in [7, 11) is 0. The van der Waals surface area contributed by atoms with Crippen LogP contribution in [0.5, 0.6) is 0 Å². The summed E-state index contributed by atoms with van der Waals surface area (Å²) in [6, 6.07) is 19.0. The normalized spacial score (nSPS) is 13.9. The van der Waals surface area contributed by atoms with Gasteiger partial charge in [-0.3, -0.25) is 9.59 Å². The molecule has 31 heavy (non-hydrogen) atoms. The van der Waals surface area contributed by atoms with Gasteiger partial charge in [-0.2, -0.15) is 0 Å². The Balaban J connectivity index is 1.74. The minimum Gasteiger partial charge on any atom is -0.350 e. The zero-order valence-corrected chi connectivity index (χ0v) is 19.2. The molecule has 1 N–H and O–H groups in total. The summed E-state index contributed by atoms with van der Waals surface area (Å²) >= 11 is 19.4. The van der Waals surface area contributed by atoms with E-state index in [2.05, 4.69) is 5.32 Å². The highest BCUT2D eigenvalue weighted by molar-refractivity contribution is 8.04. The number of nitrogens with one attached hydrogen (secondary N) is 1. The van der Waals surface area contributed by atoms with Crippen molar-refractivity contribution in [1.82, 2.24) is 0 Å². The molecule has 0 atom stereocenters. The van der Waals surface area contributed by atoms with Crippen molar-refractivity contribution >= 4 is 69.8 Å². The van der Waals surface area contributed by atoms with Gasteiger partial charge in [-0.15, -0.1) is 0 Å². The van der Waals surface area contributed by atoms with Crippen LogP contribution < -0.4 is 10.2 Å². The fraction of sp³-hybridized carbons (Fsp3) is 0.0435. The van der Waals surface area contributed by atoms with Gasteiger partial charge in [0, 0.05) is 25.7 Å². The van der Waals surface area contributed by atoms with E-state index in [1.54, 1.807) is 66.7 Å². The van der Waals surface area contributed by atoms with Crippen LogP contribution in [-0.2, 0) is 9.59 Å². The molecule has 2 amide bonds. The van der Waals surface area contributed by atoms with Gasteiger partial charge in [-0.25, -0.2) is 4.90 Å². The summed E-state index contributed by atoms with van der Waals surface area (Å²) in [5.74, 6) is -0.891. The molecule has 0 saturated carbocycles. The van der Waals surface area contributed by atoms with Crippen molar-refractivity contribution in [2.24, 2.45) is 0 Å². The molecule has 0 radical (unpaired) electrons. The Morgan fingerprint density at radius 2 is 1.42 bits per heavy atom. The van der Waals surface area contributed by atoms with Gasteiger partial charge in [0.2, 0.25) is 0 Å². The van der Waals surface area contributed by atoms with E-state index in [0.29, 0.717) is 26.4 Å². The van der Waals surface area contributed by atoms with Crippen LogP contribution in [0.1, 0.15) is 5.56 Å². The SMILES string of the molecule is Cc1ccc(N2C(=O)C(Nc3ccc(Cl)cc3)=C(Sc3ccc(Cl)cc3)C2=O)cc1Cl. The number of anilines is 2. The Labute approximate surface area is 198 Å². The number of rotatable bonds is 5. The lowest BCUT2D eigenvalue weighted by Crippen LogP contribution is -2.32. The summed E-state index contributed by atoms with van der Waals surface area (Å²) in [4.78, 5) is 28.8. The predicted molar refractivity (Wildman–Crippen MR) is 128 cm³/mol. The van der Waals surface area contributed by atoms with Crippen LogP contribution >= 0.6 is 46.6 Å². The molecule has 0 bridgehead atoms. The van der Waals surface area contributed by atoms with Gasteiger partial charge in [0.1, 0.15) is 10.6 Å². The van der Waals surface area contributed by atoms with Crippen molar-refractivity contribution in [3.63, 3.8) is 0 Å². The Hall–Kier alpha value is -2.44. The zero-order chi connectivity index (χ0) is 22.1. The lowest BCUT2D eigenvalue weighted by atomic mass is 10.2. The topological polar surface area (TPSA) is 49.4 Å². The molecule has 1 aliphatic rings. The third-order valence-electron chi connectivity index (χ3n) is 4.60. The molecule has 0 aromatic heterocycles. The standard InChI is InChI=1S/C23H15Cl3N2O2S/c1-13-2-9-17(12-19(13)26)28-22(29)20(27-16-7-3-14(24)4-8-16)21(23(28)30)31-18-10-5-15(25)6-11-18/h2-12,27H,1H3. The molecule has 3 aromatic carbocycles. The molecule has 3 aromatic rings. The molecule has 4 rings (SSSR count).